The quantitative estimate of drug-likeness (QED) is 0.817. The maximum absolute atomic E-state index is 13.8. The first kappa shape index (κ1) is 16.0. The Morgan fingerprint density at radius 2 is 1.57 bits per heavy atom. The Morgan fingerprint density at radius 1 is 1.00 bits per heavy atom. The largest absolute Gasteiger partial charge is 0.494 e. The zero-order valence-electron chi connectivity index (χ0n) is 12.4. The van der Waals surface area contributed by atoms with Gasteiger partial charge in [-0.05, 0) is 49.2 Å². The molecule has 4 heteroatoms. The van der Waals surface area contributed by atoms with Gasteiger partial charge in [-0.25, -0.2) is 4.39 Å². The standard InChI is InChI=1S/C17H19BrFNO/c1-11(13-4-7-15(18)8-5-13)20-12(2)14-6-9-17(21-3)16(19)10-14/h4-12,20H,1-3H3/t11-,12?/m1/s1. The molecule has 0 aromatic heterocycles. The number of benzene rings is 2. The fourth-order valence-corrected chi connectivity index (χ4v) is 2.54. The Bertz CT molecular complexity index is 600. The molecule has 1 N–H and O–H groups in total. The molecule has 0 bridgehead atoms. The monoisotopic (exact) mass is 351 g/mol. The Hall–Kier alpha value is -1.39. The minimum absolute atomic E-state index is 0.0454. The number of ether oxygens (including phenoxy) is 1. The van der Waals surface area contributed by atoms with Crippen molar-refractivity contribution in [1.29, 1.82) is 0 Å². The fourth-order valence-electron chi connectivity index (χ4n) is 2.27. The van der Waals surface area contributed by atoms with Gasteiger partial charge in [0.1, 0.15) is 0 Å². The number of rotatable bonds is 5. The summed E-state index contributed by atoms with van der Waals surface area (Å²) in [6.45, 7) is 4.12. The second-order valence-electron chi connectivity index (χ2n) is 5.06. The molecular formula is C17H19BrFNO. The van der Waals surface area contributed by atoms with Crippen LogP contribution in [0.15, 0.2) is 46.9 Å². The van der Waals surface area contributed by atoms with Crippen LogP contribution in [0.5, 0.6) is 5.75 Å². The van der Waals surface area contributed by atoms with Crippen LogP contribution in [-0.2, 0) is 0 Å². The first-order valence-electron chi connectivity index (χ1n) is 6.86. The van der Waals surface area contributed by atoms with Crippen LogP contribution in [0.4, 0.5) is 4.39 Å². The first-order valence-corrected chi connectivity index (χ1v) is 7.65. The lowest BCUT2D eigenvalue weighted by Crippen LogP contribution is -2.22. The van der Waals surface area contributed by atoms with E-state index in [0.717, 1.165) is 10.0 Å². The third kappa shape index (κ3) is 4.05. The van der Waals surface area contributed by atoms with E-state index in [1.807, 2.05) is 25.1 Å². The molecule has 2 nitrogen and oxygen atoms in total. The van der Waals surface area contributed by atoms with Crippen molar-refractivity contribution in [3.8, 4) is 5.75 Å². The van der Waals surface area contributed by atoms with Gasteiger partial charge >= 0.3 is 0 Å². The predicted molar refractivity (Wildman–Crippen MR) is 87.1 cm³/mol. The smallest absolute Gasteiger partial charge is 0.165 e. The minimum atomic E-state index is -0.333. The number of hydrogen-bond donors (Lipinski definition) is 1. The Morgan fingerprint density at radius 3 is 2.14 bits per heavy atom. The highest BCUT2D eigenvalue weighted by atomic mass is 79.9. The zero-order chi connectivity index (χ0) is 15.4. The average molecular weight is 352 g/mol. The van der Waals surface area contributed by atoms with Crippen molar-refractivity contribution in [3.05, 3.63) is 63.9 Å². The third-order valence-corrected chi connectivity index (χ3v) is 4.07. The van der Waals surface area contributed by atoms with E-state index in [9.17, 15) is 4.39 Å². The van der Waals surface area contributed by atoms with Crippen LogP contribution < -0.4 is 10.1 Å². The number of methoxy groups -OCH3 is 1. The summed E-state index contributed by atoms with van der Waals surface area (Å²) in [4.78, 5) is 0. The summed E-state index contributed by atoms with van der Waals surface area (Å²) in [7, 11) is 1.47. The molecule has 2 aromatic carbocycles. The van der Waals surface area contributed by atoms with Gasteiger partial charge in [-0.1, -0.05) is 34.1 Å². The highest BCUT2D eigenvalue weighted by molar-refractivity contribution is 9.10. The van der Waals surface area contributed by atoms with Gasteiger partial charge < -0.3 is 10.1 Å². The molecule has 0 fully saturated rings. The van der Waals surface area contributed by atoms with Crippen molar-refractivity contribution in [2.75, 3.05) is 7.11 Å². The zero-order valence-corrected chi connectivity index (χ0v) is 13.9. The SMILES string of the molecule is COc1ccc(C(C)N[C@H](C)c2ccc(Br)cc2)cc1F. The molecule has 2 rings (SSSR count). The van der Waals surface area contributed by atoms with Gasteiger partial charge in [0.25, 0.3) is 0 Å². The van der Waals surface area contributed by atoms with Crippen LogP contribution >= 0.6 is 15.9 Å². The average Bonchev–Trinajstić information content (AvgIpc) is 2.47. The molecule has 21 heavy (non-hydrogen) atoms. The van der Waals surface area contributed by atoms with E-state index in [2.05, 4.69) is 40.3 Å². The maximum Gasteiger partial charge on any atom is 0.165 e. The lowest BCUT2D eigenvalue weighted by Gasteiger charge is -2.21. The van der Waals surface area contributed by atoms with E-state index in [4.69, 9.17) is 4.74 Å². The van der Waals surface area contributed by atoms with Gasteiger partial charge in [0.15, 0.2) is 11.6 Å². The molecule has 0 aliphatic heterocycles. The molecule has 0 spiro atoms. The third-order valence-electron chi connectivity index (χ3n) is 3.55. The fraction of sp³-hybridized carbons (Fsp3) is 0.294. The topological polar surface area (TPSA) is 21.3 Å². The normalized spacial score (nSPS) is 13.8. The molecule has 2 atom stereocenters. The van der Waals surface area contributed by atoms with E-state index >= 15 is 0 Å². The summed E-state index contributed by atoms with van der Waals surface area (Å²) in [6.07, 6.45) is 0. The van der Waals surface area contributed by atoms with E-state index < -0.39 is 0 Å². The molecule has 0 aliphatic rings. The Balaban J connectivity index is 2.08. The van der Waals surface area contributed by atoms with Crippen molar-refractivity contribution >= 4 is 15.9 Å². The number of halogens is 2. The highest BCUT2D eigenvalue weighted by Crippen LogP contribution is 2.24. The van der Waals surface area contributed by atoms with Crippen molar-refractivity contribution in [1.82, 2.24) is 5.32 Å². The molecular weight excluding hydrogens is 333 g/mol. The van der Waals surface area contributed by atoms with Crippen LogP contribution in [0.2, 0.25) is 0 Å². The molecule has 1 unspecified atom stereocenters. The van der Waals surface area contributed by atoms with Crippen LogP contribution in [0, 0.1) is 5.82 Å². The van der Waals surface area contributed by atoms with E-state index in [1.165, 1.54) is 18.7 Å². The van der Waals surface area contributed by atoms with E-state index in [1.54, 1.807) is 6.07 Å². The summed E-state index contributed by atoms with van der Waals surface area (Å²) < 4.78 is 19.8. The van der Waals surface area contributed by atoms with Crippen LogP contribution in [0.25, 0.3) is 0 Å². The minimum Gasteiger partial charge on any atom is -0.494 e. The lowest BCUT2D eigenvalue weighted by molar-refractivity contribution is 0.385. The Labute approximate surface area is 133 Å². The summed E-state index contributed by atoms with van der Waals surface area (Å²) in [5.41, 5.74) is 2.09. The summed E-state index contributed by atoms with van der Waals surface area (Å²) in [6, 6.07) is 13.5. The van der Waals surface area contributed by atoms with Crippen molar-refractivity contribution < 1.29 is 9.13 Å². The summed E-state index contributed by atoms with van der Waals surface area (Å²) in [5, 5.41) is 3.47. The molecule has 0 aliphatic carbocycles. The highest BCUT2D eigenvalue weighted by Gasteiger charge is 2.13. The van der Waals surface area contributed by atoms with Gasteiger partial charge in [-0.3, -0.25) is 0 Å². The molecule has 0 radical (unpaired) electrons. The van der Waals surface area contributed by atoms with Crippen LogP contribution in [-0.4, -0.2) is 7.11 Å². The van der Waals surface area contributed by atoms with Crippen LogP contribution in [0.1, 0.15) is 37.1 Å². The lowest BCUT2D eigenvalue weighted by atomic mass is 10.0. The molecule has 0 heterocycles. The second kappa shape index (κ2) is 7.05. The maximum atomic E-state index is 13.8. The molecule has 0 saturated heterocycles. The summed E-state index contributed by atoms with van der Waals surface area (Å²) >= 11 is 3.43. The van der Waals surface area contributed by atoms with Crippen LogP contribution in [0.3, 0.4) is 0 Å². The van der Waals surface area contributed by atoms with Crippen molar-refractivity contribution in [2.24, 2.45) is 0 Å². The van der Waals surface area contributed by atoms with E-state index in [-0.39, 0.29) is 23.7 Å². The predicted octanol–water partition coefficient (Wildman–Crippen LogP) is 5.01. The van der Waals surface area contributed by atoms with E-state index in [0.29, 0.717) is 0 Å². The van der Waals surface area contributed by atoms with Crippen molar-refractivity contribution in [2.45, 2.75) is 25.9 Å². The number of hydrogen-bond acceptors (Lipinski definition) is 2. The van der Waals surface area contributed by atoms with Gasteiger partial charge in [0.2, 0.25) is 0 Å². The van der Waals surface area contributed by atoms with Gasteiger partial charge in [0, 0.05) is 16.6 Å². The Kier molecular flexibility index (Phi) is 5.37. The van der Waals surface area contributed by atoms with Gasteiger partial charge in [-0.2, -0.15) is 0 Å². The second-order valence-corrected chi connectivity index (χ2v) is 5.97. The summed E-state index contributed by atoms with van der Waals surface area (Å²) in [5.74, 6) is -0.0631. The molecule has 0 amide bonds. The molecule has 2 aromatic rings. The number of nitrogens with one attached hydrogen (secondary N) is 1. The molecule has 0 saturated carbocycles. The van der Waals surface area contributed by atoms with Gasteiger partial charge in [0.05, 0.1) is 7.11 Å². The first-order chi connectivity index (χ1) is 10.0. The van der Waals surface area contributed by atoms with Crippen molar-refractivity contribution in [3.63, 3.8) is 0 Å². The van der Waals surface area contributed by atoms with Gasteiger partial charge in [-0.15, -0.1) is 0 Å². The molecule has 112 valence electrons.